The minimum atomic E-state index is 0.655. The van der Waals surface area contributed by atoms with E-state index in [1.807, 2.05) is 19.1 Å². The van der Waals surface area contributed by atoms with Crippen molar-refractivity contribution in [3.8, 4) is 5.75 Å². The smallest absolute Gasteiger partial charge is 0.142 e. The summed E-state index contributed by atoms with van der Waals surface area (Å²) in [5.74, 6) is 1.50. The van der Waals surface area contributed by atoms with Crippen LogP contribution in [0.3, 0.4) is 0 Å². The Hall–Kier alpha value is -1.22. The number of aryl methyl sites for hydroxylation is 1. The van der Waals surface area contributed by atoms with E-state index in [0.29, 0.717) is 12.5 Å². The highest BCUT2D eigenvalue weighted by Crippen LogP contribution is 2.22. The zero-order valence-corrected chi connectivity index (χ0v) is 11.8. The molecule has 0 radical (unpaired) electrons. The SMILES string of the molecule is CCOc1ccc(CCCNCC(C)C)cc1N. The number of nitrogens with one attached hydrogen (secondary N) is 1. The number of nitrogens with two attached hydrogens (primary N) is 1. The molecule has 3 N–H and O–H groups in total. The summed E-state index contributed by atoms with van der Waals surface area (Å²) in [6.07, 6.45) is 2.20. The predicted octanol–water partition coefficient (Wildman–Crippen LogP) is 2.85. The number of benzene rings is 1. The second kappa shape index (κ2) is 7.98. The van der Waals surface area contributed by atoms with Gasteiger partial charge in [0.1, 0.15) is 5.75 Å². The molecule has 0 atom stereocenters. The summed E-state index contributed by atoms with van der Waals surface area (Å²) in [4.78, 5) is 0. The minimum Gasteiger partial charge on any atom is -0.492 e. The topological polar surface area (TPSA) is 47.3 Å². The molecule has 1 rings (SSSR count). The standard InChI is InChI=1S/C15H26N2O/c1-4-18-15-8-7-13(10-14(15)16)6-5-9-17-11-12(2)3/h7-8,10,12,17H,4-6,9,11,16H2,1-3H3. The largest absolute Gasteiger partial charge is 0.492 e. The van der Waals surface area contributed by atoms with Gasteiger partial charge in [-0.15, -0.1) is 0 Å². The Morgan fingerprint density at radius 3 is 2.72 bits per heavy atom. The van der Waals surface area contributed by atoms with E-state index in [4.69, 9.17) is 10.5 Å². The number of hydrogen-bond acceptors (Lipinski definition) is 3. The van der Waals surface area contributed by atoms with E-state index in [0.717, 1.165) is 37.4 Å². The Morgan fingerprint density at radius 2 is 2.11 bits per heavy atom. The summed E-state index contributed by atoms with van der Waals surface area (Å²) >= 11 is 0. The van der Waals surface area contributed by atoms with Crippen LogP contribution in [0, 0.1) is 5.92 Å². The number of anilines is 1. The Morgan fingerprint density at radius 1 is 1.33 bits per heavy atom. The van der Waals surface area contributed by atoms with E-state index in [1.165, 1.54) is 5.56 Å². The molecule has 1 aromatic carbocycles. The third-order valence-corrected chi connectivity index (χ3v) is 2.75. The lowest BCUT2D eigenvalue weighted by Gasteiger charge is -2.10. The van der Waals surface area contributed by atoms with Crippen molar-refractivity contribution in [2.24, 2.45) is 5.92 Å². The molecule has 0 saturated carbocycles. The maximum atomic E-state index is 5.94. The first-order valence-corrected chi connectivity index (χ1v) is 6.85. The first-order chi connectivity index (χ1) is 8.63. The van der Waals surface area contributed by atoms with Gasteiger partial charge in [-0.3, -0.25) is 0 Å². The quantitative estimate of drug-likeness (QED) is 0.551. The summed E-state index contributed by atoms with van der Waals surface area (Å²) in [5, 5.41) is 3.45. The van der Waals surface area contributed by atoms with Crippen molar-refractivity contribution in [2.45, 2.75) is 33.6 Å². The summed E-state index contributed by atoms with van der Waals surface area (Å²) in [7, 11) is 0. The molecule has 0 spiro atoms. The van der Waals surface area contributed by atoms with E-state index >= 15 is 0 Å². The summed E-state index contributed by atoms with van der Waals surface area (Å²) in [6, 6.07) is 6.09. The lowest BCUT2D eigenvalue weighted by molar-refractivity contribution is 0.342. The highest BCUT2D eigenvalue weighted by Gasteiger charge is 2.01. The van der Waals surface area contributed by atoms with Crippen molar-refractivity contribution >= 4 is 5.69 Å². The van der Waals surface area contributed by atoms with Crippen LogP contribution >= 0.6 is 0 Å². The van der Waals surface area contributed by atoms with Gasteiger partial charge in [-0.2, -0.15) is 0 Å². The number of hydrogen-bond donors (Lipinski definition) is 2. The summed E-state index contributed by atoms with van der Waals surface area (Å²) in [5.41, 5.74) is 7.96. The van der Waals surface area contributed by atoms with E-state index in [-0.39, 0.29) is 0 Å². The zero-order valence-electron chi connectivity index (χ0n) is 11.8. The van der Waals surface area contributed by atoms with E-state index in [9.17, 15) is 0 Å². The average molecular weight is 250 g/mol. The van der Waals surface area contributed by atoms with Crippen LogP contribution in [0.25, 0.3) is 0 Å². The molecule has 0 aliphatic carbocycles. The van der Waals surface area contributed by atoms with Gasteiger partial charge < -0.3 is 15.8 Å². The molecule has 0 aliphatic rings. The van der Waals surface area contributed by atoms with Crippen LogP contribution in [0.1, 0.15) is 32.8 Å². The van der Waals surface area contributed by atoms with Crippen molar-refractivity contribution in [3.05, 3.63) is 23.8 Å². The van der Waals surface area contributed by atoms with Gasteiger partial charge >= 0.3 is 0 Å². The van der Waals surface area contributed by atoms with Crippen LogP contribution in [0.5, 0.6) is 5.75 Å². The third-order valence-electron chi connectivity index (χ3n) is 2.75. The second-order valence-electron chi connectivity index (χ2n) is 5.01. The number of nitrogen functional groups attached to an aromatic ring is 1. The molecule has 18 heavy (non-hydrogen) atoms. The molecular weight excluding hydrogens is 224 g/mol. The number of ether oxygens (including phenoxy) is 1. The van der Waals surface area contributed by atoms with Crippen LogP contribution in [-0.2, 0) is 6.42 Å². The fraction of sp³-hybridized carbons (Fsp3) is 0.600. The first-order valence-electron chi connectivity index (χ1n) is 6.85. The maximum absolute atomic E-state index is 5.94. The van der Waals surface area contributed by atoms with E-state index in [2.05, 4.69) is 25.2 Å². The fourth-order valence-corrected chi connectivity index (χ4v) is 1.85. The Bertz CT molecular complexity index is 350. The molecular formula is C15H26N2O. The van der Waals surface area contributed by atoms with Gasteiger partial charge in [-0.25, -0.2) is 0 Å². The molecule has 0 unspecified atom stereocenters. The number of rotatable bonds is 8. The molecule has 0 saturated heterocycles. The zero-order chi connectivity index (χ0) is 13.4. The molecule has 3 nitrogen and oxygen atoms in total. The van der Waals surface area contributed by atoms with Gasteiger partial charge in [0.25, 0.3) is 0 Å². The molecule has 3 heteroatoms. The molecule has 0 aromatic heterocycles. The van der Waals surface area contributed by atoms with Crippen molar-refractivity contribution in [1.82, 2.24) is 5.32 Å². The normalized spacial score (nSPS) is 10.9. The van der Waals surface area contributed by atoms with Crippen LogP contribution in [0.4, 0.5) is 5.69 Å². The van der Waals surface area contributed by atoms with Crippen LogP contribution in [0.2, 0.25) is 0 Å². The lowest BCUT2D eigenvalue weighted by Crippen LogP contribution is -2.21. The maximum Gasteiger partial charge on any atom is 0.142 e. The van der Waals surface area contributed by atoms with Gasteiger partial charge in [-0.1, -0.05) is 19.9 Å². The summed E-state index contributed by atoms with van der Waals surface area (Å²) < 4.78 is 5.42. The van der Waals surface area contributed by atoms with Crippen LogP contribution in [-0.4, -0.2) is 19.7 Å². The van der Waals surface area contributed by atoms with Gasteiger partial charge in [0.15, 0.2) is 0 Å². The first kappa shape index (κ1) is 14.8. The van der Waals surface area contributed by atoms with Crippen molar-refractivity contribution < 1.29 is 4.74 Å². The Balaban J connectivity index is 2.32. The van der Waals surface area contributed by atoms with Gasteiger partial charge in [0.05, 0.1) is 12.3 Å². The van der Waals surface area contributed by atoms with Crippen molar-refractivity contribution in [2.75, 3.05) is 25.4 Å². The molecule has 0 heterocycles. The van der Waals surface area contributed by atoms with Gasteiger partial charge in [-0.05, 0) is 56.5 Å². The molecule has 102 valence electrons. The average Bonchev–Trinajstić information content (AvgIpc) is 2.32. The van der Waals surface area contributed by atoms with E-state index in [1.54, 1.807) is 0 Å². The molecule has 0 aliphatic heterocycles. The molecule has 0 fully saturated rings. The van der Waals surface area contributed by atoms with Crippen molar-refractivity contribution in [1.29, 1.82) is 0 Å². The molecule has 0 bridgehead atoms. The monoisotopic (exact) mass is 250 g/mol. The predicted molar refractivity (Wildman–Crippen MR) is 78.1 cm³/mol. The molecule has 1 aromatic rings. The van der Waals surface area contributed by atoms with Gasteiger partial charge in [0, 0.05) is 0 Å². The lowest BCUT2D eigenvalue weighted by atomic mass is 10.1. The van der Waals surface area contributed by atoms with Crippen LogP contribution in [0.15, 0.2) is 18.2 Å². The minimum absolute atomic E-state index is 0.655. The van der Waals surface area contributed by atoms with Gasteiger partial charge in [0.2, 0.25) is 0 Å². The fourth-order valence-electron chi connectivity index (χ4n) is 1.85. The van der Waals surface area contributed by atoms with Crippen LogP contribution < -0.4 is 15.8 Å². The third kappa shape index (κ3) is 5.41. The molecule has 0 amide bonds. The Kier molecular flexibility index (Phi) is 6.58. The Labute approximate surface area is 111 Å². The van der Waals surface area contributed by atoms with Crippen molar-refractivity contribution in [3.63, 3.8) is 0 Å². The summed E-state index contributed by atoms with van der Waals surface area (Å²) in [6.45, 7) is 9.22. The van der Waals surface area contributed by atoms with E-state index < -0.39 is 0 Å². The highest BCUT2D eigenvalue weighted by molar-refractivity contribution is 5.54. The highest BCUT2D eigenvalue weighted by atomic mass is 16.5. The second-order valence-corrected chi connectivity index (χ2v) is 5.01.